The lowest BCUT2D eigenvalue weighted by molar-refractivity contribution is -0.133. The van der Waals surface area contributed by atoms with E-state index in [1.807, 2.05) is 6.92 Å². The first kappa shape index (κ1) is 16.0. The van der Waals surface area contributed by atoms with Gasteiger partial charge in [-0.2, -0.15) is 0 Å². The van der Waals surface area contributed by atoms with Gasteiger partial charge in [0.15, 0.2) is 5.76 Å². The Morgan fingerprint density at radius 1 is 1.45 bits per heavy atom. The van der Waals surface area contributed by atoms with E-state index in [0.717, 1.165) is 12.1 Å². The number of carbonyl (C=O) groups excluding carboxylic acids is 3. The van der Waals surface area contributed by atoms with Crippen LogP contribution in [0.2, 0.25) is 0 Å². The number of carbonyl (C=O) groups is 3. The van der Waals surface area contributed by atoms with Gasteiger partial charge in [-0.25, -0.2) is 4.79 Å². The number of amides is 4. The molecule has 0 bridgehead atoms. The molecule has 1 aromatic heterocycles. The van der Waals surface area contributed by atoms with Crippen LogP contribution in [-0.2, 0) is 22.6 Å². The van der Waals surface area contributed by atoms with E-state index in [-0.39, 0.29) is 19.0 Å². The molecule has 1 N–H and O–H groups in total. The Labute approximate surface area is 128 Å². The van der Waals surface area contributed by atoms with Crippen molar-refractivity contribution in [3.05, 3.63) is 17.5 Å². The Balaban J connectivity index is 1.99. The molecule has 0 unspecified atom stereocenters. The van der Waals surface area contributed by atoms with E-state index in [4.69, 9.17) is 4.52 Å². The molecule has 0 atom stereocenters. The molecule has 2 rings (SSSR count). The first-order valence-electron chi connectivity index (χ1n) is 7.07. The summed E-state index contributed by atoms with van der Waals surface area (Å²) in [6.45, 7) is 5.25. The minimum Gasteiger partial charge on any atom is -0.359 e. The van der Waals surface area contributed by atoms with Gasteiger partial charge in [-0.1, -0.05) is 12.1 Å². The van der Waals surface area contributed by atoms with Crippen LogP contribution in [0.15, 0.2) is 10.6 Å². The van der Waals surface area contributed by atoms with Crippen molar-refractivity contribution in [1.82, 2.24) is 20.3 Å². The number of imide groups is 1. The molecule has 8 heteroatoms. The van der Waals surface area contributed by atoms with Crippen molar-refractivity contribution in [3.8, 4) is 0 Å². The number of nitrogens with zero attached hydrogens (tertiary/aromatic N) is 3. The number of aryl methyl sites for hydroxylation is 1. The molecule has 0 aromatic carbocycles. The maximum atomic E-state index is 12.3. The van der Waals surface area contributed by atoms with Crippen molar-refractivity contribution in [2.45, 2.75) is 39.3 Å². The number of aromatic nitrogens is 1. The molecule has 8 nitrogen and oxygen atoms in total. The van der Waals surface area contributed by atoms with Crippen molar-refractivity contribution in [2.24, 2.45) is 0 Å². The van der Waals surface area contributed by atoms with E-state index >= 15 is 0 Å². The molecule has 0 radical (unpaired) electrons. The lowest BCUT2D eigenvalue weighted by Crippen LogP contribution is -2.49. The van der Waals surface area contributed by atoms with Crippen LogP contribution in [0, 0.1) is 0 Å². The van der Waals surface area contributed by atoms with Crippen molar-refractivity contribution in [3.63, 3.8) is 0 Å². The van der Waals surface area contributed by atoms with Crippen LogP contribution < -0.4 is 5.32 Å². The fraction of sp³-hybridized carbons (Fsp3) is 0.571. The molecule has 1 saturated heterocycles. The summed E-state index contributed by atoms with van der Waals surface area (Å²) in [5, 5.41) is 6.07. The van der Waals surface area contributed by atoms with Gasteiger partial charge in [-0.15, -0.1) is 0 Å². The zero-order valence-corrected chi connectivity index (χ0v) is 13.2. The molecule has 0 spiro atoms. The summed E-state index contributed by atoms with van der Waals surface area (Å²) in [5.41, 5.74) is -0.212. The van der Waals surface area contributed by atoms with Gasteiger partial charge in [0.05, 0.1) is 12.2 Å². The molecular formula is C14H20N4O4. The highest BCUT2D eigenvalue weighted by atomic mass is 16.5. The maximum absolute atomic E-state index is 12.3. The highest BCUT2D eigenvalue weighted by Crippen LogP contribution is 2.20. The third-order valence-corrected chi connectivity index (χ3v) is 3.78. The number of nitrogens with one attached hydrogen (secondary N) is 1. The quantitative estimate of drug-likeness (QED) is 0.800. The molecule has 22 heavy (non-hydrogen) atoms. The third kappa shape index (κ3) is 2.95. The van der Waals surface area contributed by atoms with Crippen LogP contribution in [0.5, 0.6) is 0 Å². The fourth-order valence-corrected chi connectivity index (χ4v) is 2.14. The minimum absolute atomic E-state index is 0.171. The van der Waals surface area contributed by atoms with Crippen molar-refractivity contribution < 1.29 is 18.9 Å². The molecule has 1 aliphatic rings. The summed E-state index contributed by atoms with van der Waals surface area (Å²) in [7, 11) is 1.61. The van der Waals surface area contributed by atoms with Gasteiger partial charge in [0.2, 0.25) is 5.91 Å². The summed E-state index contributed by atoms with van der Waals surface area (Å²) >= 11 is 0. The van der Waals surface area contributed by atoms with E-state index in [1.54, 1.807) is 27.0 Å². The average molecular weight is 308 g/mol. The van der Waals surface area contributed by atoms with Gasteiger partial charge in [0.1, 0.15) is 12.1 Å². The summed E-state index contributed by atoms with van der Waals surface area (Å²) in [4.78, 5) is 38.3. The fourth-order valence-electron chi connectivity index (χ4n) is 2.14. The lowest BCUT2D eigenvalue weighted by Gasteiger charge is -2.28. The Morgan fingerprint density at radius 3 is 2.64 bits per heavy atom. The van der Waals surface area contributed by atoms with Gasteiger partial charge in [0, 0.05) is 13.1 Å². The maximum Gasteiger partial charge on any atom is 0.325 e. The molecule has 0 saturated carbocycles. The Bertz CT molecular complexity index is 608. The third-order valence-electron chi connectivity index (χ3n) is 3.78. The topological polar surface area (TPSA) is 95.8 Å². The highest BCUT2D eigenvalue weighted by Gasteiger charge is 2.46. The molecular weight excluding hydrogens is 288 g/mol. The predicted molar refractivity (Wildman–Crippen MR) is 76.7 cm³/mol. The van der Waals surface area contributed by atoms with Crippen LogP contribution in [0.3, 0.4) is 0 Å². The summed E-state index contributed by atoms with van der Waals surface area (Å²) in [6.07, 6.45) is 0.755. The SMILES string of the molecule is CCc1cc(CN(C)C(=O)CN2C(=O)NC(=O)C2(C)C)on1. The monoisotopic (exact) mass is 308 g/mol. The van der Waals surface area contributed by atoms with Crippen molar-refractivity contribution in [1.29, 1.82) is 0 Å². The number of rotatable bonds is 5. The Morgan fingerprint density at radius 2 is 2.14 bits per heavy atom. The van der Waals surface area contributed by atoms with Gasteiger partial charge in [-0.05, 0) is 20.3 Å². The smallest absolute Gasteiger partial charge is 0.325 e. The second-order valence-electron chi connectivity index (χ2n) is 5.79. The van der Waals surface area contributed by atoms with E-state index in [2.05, 4.69) is 10.5 Å². The highest BCUT2D eigenvalue weighted by molar-refractivity contribution is 6.07. The molecule has 1 fully saturated rings. The second kappa shape index (κ2) is 5.78. The van der Waals surface area contributed by atoms with Crippen molar-refractivity contribution >= 4 is 17.8 Å². The molecule has 0 aliphatic carbocycles. The second-order valence-corrected chi connectivity index (χ2v) is 5.79. The first-order valence-corrected chi connectivity index (χ1v) is 7.07. The average Bonchev–Trinajstić information content (AvgIpc) is 2.97. The van der Waals surface area contributed by atoms with Gasteiger partial charge < -0.3 is 14.3 Å². The largest absolute Gasteiger partial charge is 0.359 e. The lowest BCUT2D eigenvalue weighted by atomic mass is 10.0. The minimum atomic E-state index is -1.03. The standard InChI is InChI=1S/C14H20N4O4/c1-5-9-6-10(22-16-9)7-17(4)11(19)8-18-13(21)15-12(20)14(18,2)3/h6H,5,7-8H2,1-4H3,(H,15,20,21). The normalized spacial score (nSPS) is 16.8. The zero-order chi connectivity index (χ0) is 16.5. The zero-order valence-electron chi connectivity index (χ0n) is 13.2. The molecule has 1 aliphatic heterocycles. The first-order chi connectivity index (χ1) is 10.3. The van der Waals surface area contributed by atoms with E-state index in [9.17, 15) is 14.4 Å². The van der Waals surface area contributed by atoms with Gasteiger partial charge >= 0.3 is 6.03 Å². The number of urea groups is 1. The van der Waals surface area contributed by atoms with Crippen LogP contribution in [0.4, 0.5) is 4.79 Å². The molecule has 2 heterocycles. The summed E-state index contributed by atoms with van der Waals surface area (Å²) in [6, 6.07) is 1.24. The van der Waals surface area contributed by atoms with Gasteiger partial charge in [-0.3, -0.25) is 14.9 Å². The number of hydrogen-bond donors (Lipinski definition) is 1. The van der Waals surface area contributed by atoms with Crippen LogP contribution in [-0.4, -0.2) is 51.9 Å². The van der Waals surface area contributed by atoms with E-state index in [1.165, 1.54) is 9.80 Å². The molecule has 1 aromatic rings. The van der Waals surface area contributed by atoms with Crippen LogP contribution >= 0.6 is 0 Å². The van der Waals surface area contributed by atoms with Crippen LogP contribution in [0.1, 0.15) is 32.2 Å². The molecule has 120 valence electrons. The summed E-state index contributed by atoms with van der Waals surface area (Å²) in [5.74, 6) is -0.114. The Kier molecular flexibility index (Phi) is 4.20. The number of hydrogen-bond acceptors (Lipinski definition) is 5. The predicted octanol–water partition coefficient (Wildman–Crippen LogP) is 0.526. The van der Waals surface area contributed by atoms with E-state index in [0.29, 0.717) is 5.76 Å². The van der Waals surface area contributed by atoms with Crippen LogP contribution in [0.25, 0.3) is 0 Å². The van der Waals surface area contributed by atoms with Crippen molar-refractivity contribution in [2.75, 3.05) is 13.6 Å². The molecule has 4 amide bonds. The Hall–Kier alpha value is -2.38. The summed E-state index contributed by atoms with van der Waals surface area (Å²) < 4.78 is 5.13. The van der Waals surface area contributed by atoms with Gasteiger partial charge in [0.25, 0.3) is 5.91 Å². The number of likely N-dealkylation sites (N-methyl/N-ethyl adjacent to an activating group) is 1. The van der Waals surface area contributed by atoms with E-state index < -0.39 is 17.5 Å².